The van der Waals surface area contributed by atoms with E-state index in [-0.39, 0.29) is 35.3 Å². The van der Waals surface area contributed by atoms with Crippen LogP contribution < -0.4 is 10.5 Å². The van der Waals surface area contributed by atoms with Crippen molar-refractivity contribution in [2.24, 2.45) is 5.73 Å². The number of sulfonamides is 1. The lowest BCUT2D eigenvalue weighted by Crippen LogP contribution is -2.45. The lowest BCUT2D eigenvalue weighted by atomic mass is 10.1. The van der Waals surface area contributed by atoms with Crippen molar-refractivity contribution < 1.29 is 13.2 Å². The van der Waals surface area contributed by atoms with Crippen molar-refractivity contribution in [3.05, 3.63) is 29.8 Å². The molecule has 1 fully saturated rings. The number of carbonyl (C=O) groups is 1. The van der Waals surface area contributed by atoms with Gasteiger partial charge in [0.05, 0.1) is 4.90 Å². The Morgan fingerprint density at radius 1 is 1.39 bits per heavy atom. The molecule has 1 amide bonds. The topological polar surface area (TPSA) is 92.5 Å². The monoisotopic (exact) mass is 361 g/mol. The van der Waals surface area contributed by atoms with Gasteiger partial charge in [-0.25, -0.2) is 13.1 Å². The average Bonchev–Trinajstić information content (AvgIpc) is 2.45. The van der Waals surface area contributed by atoms with E-state index < -0.39 is 10.0 Å². The molecule has 0 radical (unpaired) electrons. The van der Waals surface area contributed by atoms with Crippen LogP contribution in [0.3, 0.4) is 0 Å². The lowest BCUT2D eigenvalue weighted by Gasteiger charge is -2.30. The van der Waals surface area contributed by atoms with E-state index in [0.29, 0.717) is 18.7 Å². The number of nitrogens with one attached hydrogen (secondary N) is 1. The molecule has 0 saturated carbocycles. The van der Waals surface area contributed by atoms with Gasteiger partial charge in [-0.3, -0.25) is 4.79 Å². The van der Waals surface area contributed by atoms with Crippen molar-refractivity contribution >= 4 is 28.3 Å². The Morgan fingerprint density at radius 2 is 2.09 bits per heavy atom. The standard InChI is InChI=1S/C15H23N3O3S.ClH/c1-11(2)17-22(20,21)14-7-3-5-12(9-14)15(19)18-8-4-6-13(16)10-18;/h3,5,7,9,11,13,17H,4,6,8,10,16H2,1-2H3;1H. The fourth-order valence-electron chi connectivity index (χ4n) is 2.55. The molecular weight excluding hydrogens is 338 g/mol. The van der Waals surface area contributed by atoms with Gasteiger partial charge in [0.25, 0.3) is 5.91 Å². The second kappa shape index (κ2) is 8.10. The molecule has 2 rings (SSSR count). The SMILES string of the molecule is CC(C)NS(=O)(=O)c1cccc(C(=O)N2CCCC(N)C2)c1.Cl. The first-order valence-corrected chi connectivity index (χ1v) is 8.95. The van der Waals surface area contributed by atoms with Crippen LogP contribution in [0.5, 0.6) is 0 Å². The number of rotatable bonds is 4. The Bertz CT molecular complexity index is 649. The summed E-state index contributed by atoms with van der Waals surface area (Å²) in [7, 11) is -3.60. The molecule has 0 aromatic heterocycles. The summed E-state index contributed by atoms with van der Waals surface area (Å²) in [4.78, 5) is 14.3. The van der Waals surface area contributed by atoms with Crippen LogP contribution in [0.4, 0.5) is 0 Å². The predicted octanol–water partition coefficient (Wildman–Crippen LogP) is 1.36. The van der Waals surface area contributed by atoms with Gasteiger partial charge >= 0.3 is 0 Å². The minimum atomic E-state index is -3.60. The third-order valence-electron chi connectivity index (χ3n) is 3.53. The van der Waals surface area contributed by atoms with Gasteiger partial charge in [-0.15, -0.1) is 12.4 Å². The highest BCUT2D eigenvalue weighted by molar-refractivity contribution is 7.89. The van der Waals surface area contributed by atoms with Gasteiger partial charge in [-0.05, 0) is 44.9 Å². The molecule has 1 heterocycles. The number of nitrogens with zero attached hydrogens (tertiary/aromatic N) is 1. The molecule has 8 heteroatoms. The van der Waals surface area contributed by atoms with Crippen molar-refractivity contribution in [3.63, 3.8) is 0 Å². The highest BCUT2D eigenvalue weighted by Gasteiger charge is 2.24. The summed E-state index contributed by atoms with van der Waals surface area (Å²) in [5, 5.41) is 0. The van der Waals surface area contributed by atoms with Crippen LogP contribution in [0.15, 0.2) is 29.2 Å². The number of likely N-dealkylation sites (tertiary alicyclic amines) is 1. The van der Waals surface area contributed by atoms with Crippen molar-refractivity contribution in [2.75, 3.05) is 13.1 Å². The summed E-state index contributed by atoms with van der Waals surface area (Å²) in [5.41, 5.74) is 6.27. The van der Waals surface area contributed by atoms with E-state index in [2.05, 4.69) is 4.72 Å². The number of amides is 1. The number of hydrogen-bond acceptors (Lipinski definition) is 4. The van der Waals surface area contributed by atoms with Gasteiger partial charge in [-0.2, -0.15) is 0 Å². The second-order valence-electron chi connectivity index (χ2n) is 5.96. The third-order valence-corrected chi connectivity index (χ3v) is 5.18. The molecule has 0 bridgehead atoms. The Hall–Kier alpha value is -1.15. The zero-order valence-corrected chi connectivity index (χ0v) is 15.0. The first kappa shape index (κ1) is 19.9. The average molecular weight is 362 g/mol. The van der Waals surface area contributed by atoms with Gasteiger partial charge in [0.1, 0.15) is 0 Å². The molecule has 1 aromatic rings. The molecule has 1 atom stereocenters. The maximum atomic E-state index is 12.5. The zero-order valence-electron chi connectivity index (χ0n) is 13.4. The smallest absolute Gasteiger partial charge is 0.253 e. The van der Waals surface area contributed by atoms with E-state index in [4.69, 9.17) is 5.73 Å². The molecule has 0 aliphatic carbocycles. The summed E-state index contributed by atoms with van der Waals surface area (Å²) in [6, 6.07) is 5.93. The minimum absolute atomic E-state index is 0. The van der Waals surface area contributed by atoms with Crippen LogP contribution in [-0.4, -0.2) is 44.4 Å². The molecule has 1 aliphatic heterocycles. The number of hydrogen-bond donors (Lipinski definition) is 2. The quantitative estimate of drug-likeness (QED) is 0.846. The summed E-state index contributed by atoms with van der Waals surface area (Å²) in [6.45, 7) is 4.68. The van der Waals surface area contributed by atoms with Gasteiger partial charge in [0, 0.05) is 30.7 Å². The number of benzene rings is 1. The lowest BCUT2D eigenvalue weighted by molar-refractivity contribution is 0.0708. The fraction of sp³-hybridized carbons (Fsp3) is 0.533. The molecule has 0 spiro atoms. The van der Waals surface area contributed by atoms with Crippen LogP contribution in [0.1, 0.15) is 37.0 Å². The predicted molar refractivity (Wildman–Crippen MR) is 92.3 cm³/mol. The molecule has 1 aliphatic rings. The highest BCUT2D eigenvalue weighted by Crippen LogP contribution is 2.16. The van der Waals surface area contributed by atoms with Crippen molar-refractivity contribution in [2.45, 2.75) is 43.7 Å². The normalized spacial score (nSPS) is 18.6. The zero-order chi connectivity index (χ0) is 16.3. The molecule has 3 N–H and O–H groups in total. The van der Waals surface area contributed by atoms with Gasteiger partial charge in [0.2, 0.25) is 10.0 Å². The number of nitrogens with two attached hydrogens (primary N) is 1. The maximum absolute atomic E-state index is 12.5. The third kappa shape index (κ3) is 5.17. The van der Waals surface area contributed by atoms with Gasteiger partial charge in [-0.1, -0.05) is 6.07 Å². The second-order valence-corrected chi connectivity index (χ2v) is 7.67. The van der Waals surface area contributed by atoms with E-state index in [9.17, 15) is 13.2 Å². The van der Waals surface area contributed by atoms with E-state index in [1.54, 1.807) is 30.9 Å². The molecule has 23 heavy (non-hydrogen) atoms. The van der Waals surface area contributed by atoms with Crippen LogP contribution in [0.2, 0.25) is 0 Å². The molecule has 6 nitrogen and oxygen atoms in total. The van der Waals surface area contributed by atoms with E-state index in [1.807, 2.05) is 0 Å². The Kier molecular flexibility index (Phi) is 7.01. The summed E-state index contributed by atoms with van der Waals surface area (Å²) >= 11 is 0. The Labute approximate surface area is 143 Å². The van der Waals surface area contributed by atoms with Gasteiger partial charge < -0.3 is 10.6 Å². The van der Waals surface area contributed by atoms with Crippen LogP contribution >= 0.6 is 12.4 Å². The largest absolute Gasteiger partial charge is 0.337 e. The number of piperidine rings is 1. The van der Waals surface area contributed by atoms with E-state index >= 15 is 0 Å². The van der Waals surface area contributed by atoms with Gasteiger partial charge in [0.15, 0.2) is 0 Å². The van der Waals surface area contributed by atoms with Crippen molar-refractivity contribution in [1.29, 1.82) is 0 Å². The number of halogens is 1. The van der Waals surface area contributed by atoms with Crippen LogP contribution in [0, 0.1) is 0 Å². The molecule has 130 valence electrons. The van der Waals surface area contributed by atoms with Crippen molar-refractivity contribution in [3.8, 4) is 0 Å². The maximum Gasteiger partial charge on any atom is 0.253 e. The molecular formula is C15H24ClN3O3S. The summed E-state index contributed by atoms with van der Waals surface area (Å²) in [6.07, 6.45) is 1.79. The first-order chi connectivity index (χ1) is 10.3. The van der Waals surface area contributed by atoms with E-state index in [0.717, 1.165) is 12.8 Å². The number of carbonyl (C=O) groups excluding carboxylic acids is 1. The highest BCUT2D eigenvalue weighted by atomic mass is 35.5. The van der Waals surface area contributed by atoms with E-state index in [1.165, 1.54) is 12.1 Å². The minimum Gasteiger partial charge on any atom is -0.337 e. The summed E-state index contributed by atoms with van der Waals surface area (Å²) in [5.74, 6) is -0.170. The van der Waals surface area contributed by atoms with Crippen LogP contribution in [0.25, 0.3) is 0 Å². The Morgan fingerprint density at radius 3 is 2.70 bits per heavy atom. The summed E-state index contributed by atoms with van der Waals surface area (Å²) < 4.78 is 26.9. The Balaban J connectivity index is 0.00000264. The molecule has 1 saturated heterocycles. The molecule has 1 unspecified atom stereocenters. The molecule has 1 aromatic carbocycles. The fourth-order valence-corrected chi connectivity index (χ4v) is 3.85. The van der Waals surface area contributed by atoms with Crippen LogP contribution in [-0.2, 0) is 10.0 Å². The first-order valence-electron chi connectivity index (χ1n) is 7.47. The van der Waals surface area contributed by atoms with Crippen molar-refractivity contribution in [1.82, 2.24) is 9.62 Å².